The molecular weight excluding hydrogens is 328 g/mol. The van der Waals surface area contributed by atoms with Gasteiger partial charge in [0.15, 0.2) is 12.2 Å². The molecule has 1 N–H and O–H groups in total. The zero-order valence-electron chi connectivity index (χ0n) is 12.6. The van der Waals surface area contributed by atoms with Crippen LogP contribution in [0.5, 0.6) is 5.75 Å². The number of benzene rings is 2. The Bertz CT molecular complexity index is 907. The van der Waals surface area contributed by atoms with Crippen LogP contribution in [0.1, 0.15) is 15.9 Å². The van der Waals surface area contributed by atoms with Crippen molar-refractivity contribution < 1.29 is 13.9 Å². The van der Waals surface area contributed by atoms with Crippen molar-refractivity contribution in [3.8, 4) is 17.1 Å². The van der Waals surface area contributed by atoms with Crippen molar-refractivity contribution in [1.29, 1.82) is 0 Å². The Hall–Kier alpha value is -2.79. The monoisotopic (exact) mass is 340 g/mol. The molecule has 1 aliphatic heterocycles. The summed E-state index contributed by atoms with van der Waals surface area (Å²) in [4.78, 5) is 16.4. The highest BCUT2D eigenvalue weighted by Gasteiger charge is 2.21. The number of halogens is 1. The molecule has 120 valence electrons. The fourth-order valence-corrected chi connectivity index (χ4v) is 2.94. The number of hydrogen-bond donors (Lipinski definition) is 1. The van der Waals surface area contributed by atoms with E-state index in [4.69, 9.17) is 20.8 Å². The maximum absolute atomic E-state index is 12.4. The average Bonchev–Trinajstić information content (AvgIpc) is 3.25. The highest BCUT2D eigenvalue weighted by Crippen LogP contribution is 2.39. The van der Waals surface area contributed by atoms with E-state index in [1.165, 1.54) is 6.39 Å². The SMILES string of the molecule is O=C(Nc1cc2c(c(-c3cnco3)c1)OCC2)c1cccc(Cl)c1. The van der Waals surface area contributed by atoms with Crippen LogP contribution in [0.25, 0.3) is 11.3 Å². The molecule has 0 saturated heterocycles. The molecule has 6 heteroatoms. The summed E-state index contributed by atoms with van der Waals surface area (Å²) in [6.07, 6.45) is 3.78. The van der Waals surface area contributed by atoms with Gasteiger partial charge in [-0.05, 0) is 30.3 Å². The van der Waals surface area contributed by atoms with Crippen molar-refractivity contribution in [2.75, 3.05) is 11.9 Å². The fraction of sp³-hybridized carbons (Fsp3) is 0.111. The lowest BCUT2D eigenvalue weighted by molar-refractivity contribution is 0.102. The summed E-state index contributed by atoms with van der Waals surface area (Å²) >= 11 is 5.95. The van der Waals surface area contributed by atoms with E-state index in [0.717, 1.165) is 23.3 Å². The Morgan fingerprint density at radius 1 is 1.25 bits per heavy atom. The number of hydrogen-bond acceptors (Lipinski definition) is 4. The van der Waals surface area contributed by atoms with Crippen LogP contribution < -0.4 is 10.1 Å². The molecule has 0 saturated carbocycles. The van der Waals surface area contributed by atoms with E-state index < -0.39 is 0 Å². The van der Waals surface area contributed by atoms with Crippen LogP contribution in [0, 0.1) is 0 Å². The zero-order chi connectivity index (χ0) is 16.5. The largest absolute Gasteiger partial charge is 0.492 e. The minimum absolute atomic E-state index is 0.222. The van der Waals surface area contributed by atoms with Gasteiger partial charge in [-0.3, -0.25) is 4.79 Å². The number of fused-ring (bicyclic) bond motifs is 1. The van der Waals surface area contributed by atoms with Gasteiger partial charge in [0.25, 0.3) is 5.91 Å². The number of aromatic nitrogens is 1. The van der Waals surface area contributed by atoms with E-state index in [2.05, 4.69) is 10.3 Å². The first-order valence-corrected chi connectivity index (χ1v) is 7.84. The molecule has 1 aliphatic rings. The Kier molecular flexibility index (Phi) is 3.70. The molecule has 1 aromatic heterocycles. The van der Waals surface area contributed by atoms with E-state index in [9.17, 15) is 4.79 Å². The number of rotatable bonds is 3. The number of anilines is 1. The molecule has 24 heavy (non-hydrogen) atoms. The lowest BCUT2D eigenvalue weighted by Crippen LogP contribution is -2.12. The molecule has 0 radical (unpaired) electrons. The van der Waals surface area contributed by atoms with Crippen LogP contribution in [-0.4, -0.2) is 17.5 Å². The van der Waals surface area contributed by atoms with Gasteiger partial charge in [-0.15, -0.1) is 0 Å². The standard InChI is InChI=1S/C18H13ClN2O3/c19-13-3-1-2-12(6-13)18(22)21-14-7-11-4-5-23-17(11)15(8-14)16-9-20-10-24-16/h1-3,6-10H,4-5H2,(H,21,22). The van der Waals surface area contributed by atoms with Crippen LogP contribution in [0.15, 0.2) is 53.4 Å². The second-order valence-electron chi connectivity index (χ2n) is 5.44. The second kappa shape index (κ2) is 6.02. The van der Waals surface area contributed by atoms with Gasteiger partial charge in [0.2, 0.25) is 0 Å². The Labute approximate surface area is 143 Å². The third-order valence-corrected chi connectivity index (χ3v) is 4.06. The predicted molar refractivity (Wildman–Crippen MR) is 90.5 cm³/mol. The Morgan fingerprint density at radius 3 is 2.96 bits per heavy atom. The summed E-state index contributed by atoms with van der Waals surface area (Å²) in [6.45, 7) is 0.613. The van der Waals surface area contributed by atoms with Crippen molar-refractivity contribution in [3.63, 3.8) is 0 Å². The number of oxazole rings is 1. The van der Waals surface area contributed by atoms with Crippen molar-refractivity contribution >= 4 is 23.2 Å². The molecule has 2 aromatic carbocycles. The van der Waals surface area contributed by atoms with Crippen LogP contribution in [0.3, 0.4) is 0 Å². The summed E-state index contributed by atoms with van der Waals surface area (Å²) < 4.78 is 11.1. The zero-order valence-corrected chi connectivity index (χ0v) is 13.3. The summed E-state index contributed by atoms with van der Waals surface area (Å²) in [7, 11) is 0. The maximum Gasteiger partial charge on any atom is 0.255 e. The van der Waals surface area contributed by atoms with Gasteiger partial charge >= 0.3 is 0 Å². The molecule has 0 fully saturated rings. The highest BCUT2D eigenvalue weighted by molar-refractivity contribution is 6.31. The molecular formula is C18H13ClN2O3. The van der Waals surface area contributed by atoms with Crippen molar-refractivity contribution in [3.05, 3.63) is 65.1 Å². The Morgan fingerprint density at radius 2 is 2.17 bits per heavy atom. The molecule has 1 amide bonds. The number of amides is 1. The average molecular weight is 341 g/mol. The molecule has 0 unspecified atom stereocenters. The smallest absolute Gasteiger partial charge is 0.255 e. The quantitative estimate of drug-likeness (QED) is 0.776. The lowest BCUT2D eigenvalue weighted by Gasteiger charge is -2.11. The van der Waals surface area contributed by atoms with Gasteiger partial charge in [0.1, 0.15) is 5.75 Å². The molecule has 0 spiro atoms. The molecule has 0 atom stereocenters. The normalized spacial score (nSPS) is 12.5. The van der Waals surface area contributed by atoms with E-state index in [0.29, 0.717) is 28.6 Å². The van der Waals surface area contributed by atoms with Gasteiger partial charge in [0, 0.05) is 28.3 Å². The molecule has 3 aromatic rings. The molecule has 0 aliphatic carbocycles. The van der Waals surface area contributed by atoms with Gasteiger partial charge < -0.3 is 14.5 Å². The number of carbonyl (C=O) groups excluding carboxylic acids is 1. The van der Waals surface area contributed by atoms with E-state index in [1.54, 1.807) is 30.5 Å². The summed E-state index contributed by atoms with van der Waals surface area (Å²) in [5.74, 6) is 1.17. The number of ether oxygens (including phenoxy) is 1. The Balaban J connectivity index is 1.69. The topological polar surface area (TPSA) is 64.4 Å². The van der Waals surface area contributed by atoms with Gasteiger partial charge in [0.05, 0.1) is 18.4 Å². The highest BCUT2D eigenvalue weighted by atomic mass is 35.5. The van der Waals surface area contributed by atoms with Crippen molar-refractivity contribution in [1.82, 2.24) is 4.98 Å². The summed E-state index contributed by atoms with van der Waals surface area (Å²) in [6, 6.07) is 10.6. The number of nitrogens with zero attached hydrogens (tertiary/aromatic N) is 1. The number of carbonyl (C=O) groups is 1. The third kappa shape index (κ3) is 2.74. The fourth-order valence-electron chi connectivity index (χ4n) is 2.75. The van der Waals surface area contributed by atoms with E-state index >= 15 is 0 Å². The van der Waals surface area contributed by atoms with E-state index in [-0.39, 0.29) is 5.91 Å². The van der Waals surface area contributed by atoms with Crippen LogP contribution in [-0.2, 0) is 6.42 Å². The van der Waals surface area contributed by atoms with E-state index in [1.807, 2.05) is 12.1 Å². The maximum atomic E-state index is 12.4. The minimum atomic E-state index is -0.222. The van der Waals surface area contributed by atoms with Crippen molar-refractivity contribution in [2.45, 2.75) is 6.42 Å². The van der Waals surface area contributed by atoms with Gasteiger partial charge in [-0.2, -0.15) is 0 Å². The molecule has 2 heterocycles. The first-order valence-electron chi connectivity index (χ1n) is 7.46. The summed E-state index contributed by atoms with van der Waals surface area (Å²) in [5, 5.41) is 3.42. The number of nitrogens with one attached hydrogen (secondary N) is 1. The van der Waals surface area contributed by atoms with Gasteiger partial charge in [-0.1, -0.05) is 17.7 Å². The van der Waals surface area contributed by atoms with Gasteiger partial charge in [-0.25, -0.2) is 4.98 Å². The lowest BCUT2D eigenvalue weighted by atomic mass is 10.0. The molecule has 0 bridgehead atoms. The summed E-state index contributed by atoms with van der Waals surface area (Å²) in [5.41, 5.74) is 2.99. The minimum Gasteiger partial charge on any atom is -0.492 e. The second-order valence-corrected chi connectivity index (χ2v) is 5.88. The molecule has 5 nitrogen and oxygen atoms in total. The van der Waals surface area contributed by atoms with Crippen molar-refractivity contribution in [2.24, 2.45) is 0 Å². The molecule has 4 rings (SSSR count). The van der Waals surface area contributed by atoms with Crippen LogP contribution in [0.4, 0.5) is 5.69 Å². The van der Waals surface area contributed by atoms with Crippen LogP contribution in [0.2, 0.25) is 5.02 Å². The van der Waals surface area contributed by atoms with Crippen LogP contribution >= 0.6 is 11.6 Å². The first-order chi connectivity index (χ1) is 11.7. The first kappa shape index (κ1) is 14.8. The predicted octanol–water partition coefficient (Wildman–Crippen LogP) is 4.18. The third-order valence-electron chi connectivity index (χ3n) is 3.83.